The van der Waals surface area contributed by atoms with E-state index in [1.54, 1.807) is 19.1 Å². The Labute approximate surface area is 159 Å². The molecule has 2 N–H and O–H groups in total. The highest BCUT2D eigenvalue weighted by atomic mass is 35.5. The largest absolute Gasteiger partial charge is 0.325 e. The second-order valence-corrected chi connectivity index (χ2v) is 6.13. The van der Waals surface area contributed by atoms with Crippen LogP contribution in [0.4, 0.5) is 15.8 Å². The molecule has 0 saturated heterocycles. The Morgan fingerprint density at radius 2 is 1.78 bits per heavy atom. The van der Waals surface area contributed by atoms with Crippen LogP contribution in [0.25, 0.3) is 5.69 Å². The molecule has 0 spiro atoms. The minimum atomic E-state index is -0.576. The fourth-order valence-corrected chi connectivity index (χ4v) is 2.58. The maximum Gasteiger partial charge on any atom is 0.295 e. The molecule has 0 saturated carbocycles. The van der Waals surface area contributed by atoms with E-state index in [0.717, 1.165) is 0 Å². The van der Waals surface area contributed by atoms with Crippen LogP contribution in [0.1, 0.15) is 23.4 Å². The van der Waals surface area contributed by atoms with Gasteiger partial charge in [-0.3, -0.25) is 9.59 Å². The average Bonchev–Trinajstić information content (AvgIpc) is 3.00. The number of nitrogens with zero attached hydrogens (tertiary/aromatic N) is 3. The second-order valence-electron chi connectivity index (χ2n) is 5.70. The summed E-state index contributed by atoms with van der Waals surface area (Å²) in [6.07, 6.45) is 0. The predicted molar refractivity (Wildman–Crippen MR) is 99.8 cm³/mol. The first-order valence-corrected chi connectivity index (χ1v) is 8.29. The van der Waals surface area contributed by atoms with E-state index in [2.05, 4.69) is 20.7 Å². The van der Waals surface area contributed by atoms with Crippen molar-refractivity contribution in [2.24, 2.45) is 0 Å². The van der Waals surface area contributed by atoms with Crippen LogP contribution in [-0.2, 0) is 4.79 Å². The Balaban J connectivity index is 1.87. The third-order valence-corrected chi connectivity index (χ3v) is 3.82. The Morgan fingerprint density at radius 1 is 1.07 bits per heavy atom. The van der Waals surface area contributed by atoms with Crippen LogP contribution in [0, 0.1) is 12.7 Å². The number of halogens is 2. The Morgan fingerprint density at radius 3 is 2.44 bits per heavy atom. The first-order valence-electron chi connectivity index (χ1n) is 7.91. The summed E-state index contributed by atoms with van der Waals surface area (Å²) in [7, 11) is 0. The number of benzene rings is 2. The SMILES string of the molecule is CC(=O)Nc1ccc(Cl)cc1NC(=O)c1nc(C)n(-c2ccc(F)cc2)n1. The van der Waals surface area contributed by atoms with Crippen LogP contribution < -0.4 is 10.6 Å². The van der Waals surface area contributed by atoms with Gasteiger partial charge < -0.3 is 10.6 Å². The molecule has 27 heavy (non-hydrogen) atoms. The van der Waals surface area contributed by atoms with Gasteiger partial charge in [0.25, 0.3) is 5.91 Å². The van der Waals surface area contributed by atoms with Crippen LogP contribution in [-0.4, -0.2) is 26.6 Å². The molecule has 0 atom stereocenters. The lowest BCUT2D eigenvalue weighted by atomic mass is 10.2. The normalized spacial score (nSPS) is 10.5. The Bertz CT molecular complexity index is 1020. The summed E-state index contributed by atoms with van der Waals surface area (Å²) in [6, 6.07) is 10.3. The third-order valence-electron chi connectivity index (χ3n) is 3.58. The molecule has 1 heterocycles. The molecule has 0 aliphatic heterocycles. The summed E-state index contributed by atoms with van der Waals surface area (Å²) in [5.41, 5.74) is 1.29. The van der Waals surface area contributed by atoms with Crippen molar-refractivity contribution in [1.29, 1.82) is 0 Å². The third kappa shape index (κ3) is 4.29. The van der Waals surface area contributed by atoms with E-state index in [0.29, 0.717) is 27.9 Å². The molecule has 0 aliphatic carbocycles. The lowest BCUT2D eigenvalue weighted by molar-refractivity contribution is -0.114. The molecular weight excluding hydrogens is 373 g/mol. The maximum absolute atomic E-state index is 13.1. The summed E-state index contributed by atoms with van der Waals surface area (Å²) in [6.45, 7) is 3.03. The fraction of sp³-hybridized carbons (Fsp3) is 0.111. The highest BCUT2D eigenvalue weighted by Gasteiger charge is 2.17. The number of aryl methyl sites for hydroxylation is 1. The average molecular weight is 388 g/mol. The second kappa shape index (κ2) is 7.55. The summed E-state index contributed by atoms with van der Waals surface area (Å²) < 4.78 is 14.5. The van der Waals surface area contributed by atoms with Crippen LogP contribution in [0.2, 0.25) is 5.02 Å². The quantitative estimate of drug-likeness (QED) is 0.716. The van der Waals surface area contributed by atoms with Gasteiger partial charge in [-0.15, -0.1) is 5.10 Å². The molecule has 0 aliphatic rings. The molecule has 0 fully saturated rings. The van der Waals surface area contributed by atoms with Gasteiger partial charge in [-0.25, -0.2) is 14.1 Å². The molecule has 7 nitrogen and oxygen atoms in total. The molecule has 9 heteroatoms. The van der Waals surface area contributed by atoms with Gasteiger partial charge in [0, 0.05) is 11.9 Å². The van der Waals surface area contributed by atoms with E-state index >= 15 is 0 Å². The minimum Gasteiger partial charge on any atom is -0.325 e. The Hall–Kier alpha value is -3.26. The summed E-state index contributed by atoms with van der Waals surface area (Å²) >= 11 is 5.97. The van der Waals surface area contributed by atoms with Gasteiger partial charge in [-0.2, -0.15) is 0 Å². The van der Waals surface area contributed by atoms with Crippen LogP contribution in [0.3, 0.4) is 0 Å². The number of carbonyl (C=O) groups is 2. The van der Waals surface area contributed by atoms with Gasteiger partial charge in [-0.05, 0) is 49.4 Å². The van der Waals surface area contributed by atoms with Crippen molar-refractivity contribution in [3.63, 3.8) is 0 Å². The maximum atomic E-state index is 13.1. The van der Waals surface area contributed by atoms with Crippen LogP contribution >= 0.6 is 11.6 Å². The summed E-state index contributed by atoms with van der Waals surface area (Å²) in [4.78, 5) is 28.0. The number of anilines is 2. The van der Waals surface area contributed by atoms with Gasteiger partial charge in [0.15, 0.2) is 0 Å². The van der Waals surface area contributed by atoms with E-state index < -0.39 is 5.91 Å². The molecular formula is C18H15ClFN5O2. The number of nitrogens with one attached hydrogen (secondary N) is 2. The number of amides is 2. The van der Waals surface area contributed by atoms with E-state index in [4.69, 9.17) is 11.6 Å². The van der Waals surface area contributed by atoms with Crippen molar-refractivity contribution >= 4 is 34.8 Å². The van der Waals surface area contributed by atoms with Crippen LogP contribution in [0.5, 0.6) is 0 Å². The Kier molecular flexibility index (Phi) is 5.18. The summed E-state index contributed by atoms with van der Waals surface area (Å²) in [5.74, 6) is -0.860. The molecule has 3 rings (SSSR count). The van der Waals surface area contributed by atoms with Crippen molar-refractivity contribution < 1.29 is 14.0 Å². The van der Waals surface area contributed by atoms with E-state index in [1.807, 2.05) is 0 Å². The molecule has 0 bridgehead atoms. The number of aromatic nitrogens is 3. The molecule has 1 aromatic heterocycles. The molecule has 2 amide bonds. The van der Waals surface area contributed by atoms with Crippen LogP contribution in [0.15, 0.2) is 42.5 Å². The molecule has 3 aromatic rings. The van der Waals surface area contributed by atoms with Gasteiger partial charge >= 0.3 is 0 Å². The summed E-state index contributed by atoms with van der Waals surface area (Å²) in [5, 5.41) is 9.81. The monoisotopic (exact) mass is 387 g/mol. The number of carbonyl (C=O) groups excluding carboxylic acids is 2. The molecule has 0 radical (unpaired) electrons. The zero-order valence-corrected chi connectivity index (χ0v) is 15.2. The minimum absolute atomic E-state index is 0.0782. The standard InChI is InChI=1S/C18H15ClFN5O2/c1-10-21-17(24-25(10)14-6-4-13(20)5-7-14)18(27)23-16-9-12(19)3-8-15(16)22-11(2)26/h3-9H,1-2H3,(H,22,26)(H,23,27). The van der Waals surface area contributed by atoms with Gasteiger partial charge in [0.05, 0.1) is 17.1 Å². The smallest absolute Gasteiger partial charge is 0.295 e. The molecule has 2 aromatic carbocycles. The van der Waals surface area contributed by atoms with E-state index in [1.165, 1.54) is 41.9 Å². The first-order chi connectivity index (χ1) is 12.8. The lowest BCUT2D eigenvalue weighted by Crippen LogP contribution is -2.16. The fourth-order valence-electron chi connectivity index (χ4n) is 2.41. The topological polar surface area (TPSA) is 88.9 Å². The highest BCUT2D eigenvalue weighted by molar-refractivity contribution is 6.31. The highest BCUT2D eigenvalue weighted by Crippen LogP contribution is 2.26. The molecule has 0 unspecified atom stereocenters. The van der Waals surface area contributed by atoms with Crippen molar-refractivity contribution in [3.8, 4) is 5.69 Å². The van der Waals surface area contributed by atoms with Gasteiger partial charge in [0.1, 0.15) is 11.6 Å². The first kappa shape index (κ1) is 18.5. The van der Waals surface area contributed by atoms with E-state index in [-0.39, 0.29) is 17.5 Å². The zero-order chi connectivity index (χ0) is 19.6. The van der Waals surface area contributed by atoms with Gasteiger partial charge in [-0.1, -0.05) is 11.6 Å². The number of hydrogen-bond acceptors (Lipinski definition) is 4. The van der Waals surface area contributed by atoms with Crippen molar-refractivity contribution in [2.75, 3.05) is 10.6 Å². The van der Waals surface area contributed by atoms with Gasteiger partial charge in [0.2, 0.25) is 11.7 Å². The lowest BCUT2D eigenvalue weighted by Gasteiger charge is -2.10. The van der Waals surface area contributed by atoms with Crippen molar-refractivity contribution in [3.05, 3.63) is 65.0 Å². The van der Waals surface area contributed by atoms with E-state index in [9.17, 15) is 14.0 Å². The number of rotatable bonds is 4. The van der Waals surface area contributed by atoms with Crippen molar-refractivity contribution in [2.45, 2.75) is 13.8 Å². The number of hydrogen-bond donors (Lipinski definition) is 2. The molecule has 138 valence electrons. The zero-order valence-electron chi connectivity index (χ0n) is 14.5. The predicted octanol–water partition coefficient (Wildman–Crippen LogP) is 3.58. The van der Waals surface area contributed by atoms with Crippen molar-refractivity contribution in [1.82, 2.24) is 14.8 Å².